The quantitative estimate of drug-likeness (QED) is 0.670. The summed E-state index contributed by atoms with van der Waals surface area (Å²) in [4.78, 5) is 11.9. The number of ether oxygens (including phenoxy) is 1. The van der Waals surface area contributed by atoms with Gasteiger partial charge in [-0.1, -0.05) is 13.8 Å². The average molecular weight is 282 g/mol. The molecule has 2 rings (SSSR count). The van der Waals surface area contributed by atoms with Crippen LogP contribution in [0.5, 0.6) is 0 Å². The number of hydrogen-bond donors (Lipinski definition) is 2. The number of piperidine rings is 1. The summed E-state index contributed by atoms with van der Waals surface area (Å²) in [6.45, 7) is 6.46. The lowest BCUT2D eigenvalue weighted by molar-refractivity contribution is -0.122. The Labute approximate surface area is 123 Å². The second kappa shape index (κ2) is 7.99. The maximum absolute atomic E-state index is 11.9. The van der Waals surface area contributed by atoms with Gasteiger partial charge in [-0.2, -0.15) is 0 Å². The highest BCUT2D eigenvalue weighted by atomic mass is 16.5. The van der Waals surface area contributed by atoms with Crippen LogP contribution in [-0.2, 0) is 9.53 Å². The fraction of sp³-hybridized carbons (Fsp3) is 0.938. The van der Waals surface area contributed by atoms with Crippen LogP contribution in [0.4, 0.5) is 0 Å². The first kappa shape index (κ1) is 15.8. The van der Waals surface area contributed by atoms with Gasteiger partial charge in [0, 0.05) is 31.7 Å². The summed E-state index contributed by atoms with van der Waals surface area (Å²) in [6.07, 6.45) is 6.73. The minimum absolute atomic E-state index is 0.198. The molecule has 2 aliphatic rings. The maximum Gasteiger partial charge on any atom is 0.220 e. The van der Waals surface area contributed by atoms with E-state index in [2.05, 4.69) is 24.5 Å². The van der Waals surface area contributed by atoms with E-state index in [4.69, 9.17) is 4.74 Å². The number of nitrogens with one attached hydrogen (secondary N) is 2. The Kier molecular flexibility index (Phi) is 6.30. The van der Waals surface area contributed by atoms with E-state index in [1.54, 1.807) is 0 Å². The van der Waals surface area contributed by atoms with E-state index in [0.29, 0.717) is 43.5 Å². The summed E-state index contributed by atoms with van der Waals surface area (Å²) in [6, 6.07) is 1.34. The van der Waals surface area contributed by atoms with Gasteiger partial charge in [-0.25, -0.2) is 0 Å². The molecule has 0 aliphatic carbocycles. The molecule has 4 heteroatoms. The molecule has 2 unspecified atom stereocenters. The highest BCUT2D eigenvalue weighted by Gasteiger charge is 2.33. The fourth-order valence-corrected chi connectivity index (χ4v) is 3.36. The molecule has 1 amide bonds. The molecule has 0 aromatic heterocycles. The smallest absolute Gasteiger partial charge is 0.220 e. The van der Waals surface area contributed by atoms with Crippen molar-refractivity contribution in [3.05, 3.63) is 0 Å². The Morgan fingerprint density at radius 2 is 1.95 bits per heavy atom. The summed E-state index contributed by atoms with van der Waals surface area (Å²) in [5.74, 6) is 1.46. The van der Waals surface area contributed by atoms with Gasteiger partial charge >= 0.3 is 0 Å². The predicted molar refractivity (Wildman–Crippen MR) is 80.6 cm³/mol. The molecular weight excluding hydrogens is 252 g/mol. The molecule has 4 nitrogen and oxygen atoms in total. The maximum atomic E-state index is 11.9. The van der Waals surface area contributed by atoms with Crippen LogP contribution in [0.25, 0.3) is 0 Å². The fourth-order valence-electron chi connectivity index (χ4n) is 3.36. The molecule has 2 saturated heterocycles. The zero-order valence-electron chi connectivity index (χ0n) is 13.0. The molecule has 2 aliphatic heterocycles. The second-order valence-electron chi connectivity index (χ2n) is 6.82. The van der Waals surface area contributed by atoms with Gasteiger partial charge in [0.1, 0.15) is 0 Å². The van der Waals surface area contributed by atoms with Gasteiger partial charge in [0.15, 0.2) is 0 Å². The Morgan fingerprint density at radius 1 is 1.25 bits per heavy atom. The largest absolute Gasteiger partial charge is 0.380 e. The first-order valence-electron chi connectivity index (χ1n) is 8.24. The number of hydrogen-bond acceptors (Lipinski definition) is 3. The molecule has 0 radical (unpaired) electrons. The summed E-state index contributed by atoms with van der Waals surface area (Å²) in [7, 11) is 0. The Morgan fingerprint density at radius 3 is 2.60 bits per heavy atom. The summed E-state index contributed by atoms with van der Waals surface area (Å²) in [5.41, 5.74) is 0. The Bertz CT molecular complexity index is 295. The van der Waals surface area contributed by atoms with E-state index in [-0.39, 0.29) is 5.91 Å². The van der Waals surface area contributed by atoms with Crippen molar-refractivity contribution in [2.45, 2.75) is 64.5 Å². The molecule has 0 aromatic rings. The van der Waals surface area contributed by atoms with Gasteiger partial charge in [-0.05, 0) is 43.9 Å². The third-order valence-corrected chi connectivity index (χ3v) is 4.45. The molecule has 2 fully saturated rings. The van der Waals surface area contributed by atoms with Gasteiger partial charge in [0.2, 0.25) is 5.91 Å². The summed E-state index contributed by atoms with van der Waals surface area (Å²) >= 11 is 0. The van der Waals surface area contributed by atoms with E-state index >= 15 is 0 Å². The number of carbonyl (C=O) groups is 1. The van der Waals surface area contributed by atoms with E-state index in [1.165, 1.54) is 25.7 Å². The standard InChI is InChI=1S/C16H30N2O2/c1-12(2)5-7-20-8-6-17-16(19)11-13-9-14-3-4-15(10-13)18-14/h12-15,18H,3-11H2,1-2H3,(H,17,19). The lowest BCUT2D eigenvalue weighted by Crippen LogP contribution is -2.40. The monoisotopic (exact) mass is 282 g/mol. The van der Waals surface area contributed by atoms with Gasteiger partial charge in [-0.3, -0.25) is 4.79 Å². The van der Waals surface area contributed by atoms with Crippen LogP contribution in [-0.4, -0.2) is 37.7 Å². The zero-order valence-corrected chi connectivity index (χ0v) is 13.0. The molecule has 2 atom stereocenters. The van der Waals surface area contributed by atoms with Crippen molar-refractivity contribution in [1.82, 2.24) is 10.6 Å². The van der Waals surface area contributed by atoms with E-state index in [0.717, 1.165) is 13.0 Å². The minimum atomic E-state index is 0.198. The van der Waals surface area contributed by atoms with E-state index in [9.17, 15) is 4.79 Å². The third kappa shape index (κ3) is 5.41. The van der Waals surface area contributed by atoms with Crippen LogP contribution >= 0.6 is 0 Å². The van der Waals surface area contributed by atoms with Gasteiger partial charge < -0.3 is 15.4 Å². The number of carbonyl (C=O) groups excluding carboxylic acids is 1. The minimum Gasteiger partial charge on any atom is -0.380 e. The second-order valence-corrected chi connectivity index (χ2v) is 6.82. The SMILES string of the molecule is CC(C)CCOCCNC(=O)CC1CC2CCC(C1)N2. The molecule has 116 valence electrons. The number of amides is 1. The van der Waals surface area contributed by atoms with Crippen molar-refractivity contribution < 1.29 is 9.53 Å². The molecule has 2 heterocycles. The molecule has 0 aromatic carbocycles. The molecule has 0 saturated carbocycles. The molecule has 2 bridgehead atoms. The first-order chi connectivity index (χ1) is 9.63. The highest BCUT2D eigenvalue weighted by molar-refractivity contribution is 5.76. The number of fused-ring (bicyclic) bond motifs is 2. The summed E-state index contributed by atoms with van der Waals surface area (Å²) < 4.78 is 5.50. The van der Waals surface area contributed by atoms with Crippen LogP contribution in [0.15, 0.2) is 0 Å². The van der Waals surface area contributed by atoms with Crippen LogP contribution in [0.3, 0.4) is 0 Å². The van der Waals surface area contributed by atoms with Gasteiger partial charge in [0.05, 0.1) is 6.61 Å². The normalized spacial score (nSPS) is 28.9. The van der Waals surface area contributed by atoms with Crippen molar-refractivity contribution in [2.75, 3.05) is 19.8 Å². The molecule has 0 spiro atoms. The Hall–Kier alpha value is -0.610. The Balaban J connectivity index is 1.50. The van der Waals surface area contributed by atoms with Crippen molar-refractivity contribution in [3.8, 4) is 0 Å². The predicted octanol–water partition coefficient (Wildman–Crippen LogP) is 2.09. The van der Waals surface area contributed by atoms with Crippen LogP contribution in [0.1, 0.15) is 52.4 Å². The van der Waals surface area contributed by atoms with E-state index < -0.39 is 0 Å². The van der Waals surface area contributed by atoms with Crippen molar-refractivity contribution >= 4 is 5.91 Å². The lowest BCUT2D eigenvalue weighted by Gasteiger charge is -2.28. The first-order valence-corrected chi connectivity index (χ1v) is 8.24. The number of rotatable bonds is 8. The molecule has 2 N–H and O–H groups in total. The summed E-state index contributed by atoms with van der Waals surface area (Å²) in [5, 5.41) is 6.60. The average Bonchev–Trinajstić information content (AvgIpc) is 2.72. The highest BCUT2D eigenvalue weighted by Crippen LogP contribution is 2.32. The third-order valence-electron chi connectivity index (χ3n) is 4.45. The lowest BCUT2D eigenvalue weighted by atomic mass is 9.89. The van der Waals surface area contributed by atoms with Gasteiger partial charge in [0.25, 0.3) is 0 Å². The van der Waals surface area contributed by atoms with Crippen molar-refractivity contribution in [2.24, 2.45) is 11.8 Å². The topological polar surface area (TPSA) is 50.4 Å². The molecule has 20 heavy (non-hydrogen) atoms. The zero-order chi connectivity index (χ0) is 14.4. The van der Waals surface area contributed by atoms with Crippen LogP contribution < -0.4 is 10.6 Å². The van der Waals surface area contributed by atoms with Crippen LogP contribution in [0.2, 0.25) is 0 Å². The van der Waals surface area contributed by atoms with Gasteiger partial charge in [-0.15, -0.1) is 0 Å². The van der Waals surface area contributed by atoms with Crippen LogP contribution in [0, 0.1) is 11.8 Å². The molecular formula is C16H30N2O2. The van der Waals surface area contributed by atoms with Crippen molar-refractivity contribution in [3.63, 3.8) is 0 Å². The van der Waals surface area contributed by atoms with E-state index in [1.807, 2.05) is 0 Å². The van der Waals surface area contributed by atoms with Crippen molar-refractivity contribution in [1.29, 1.82) is 0 Å².